The summed E-state index contributed by atoms with van der Waals surface area (Å²) in [6.45, 7) is 23.9. The van der Waals surface area contributed by atoms with Gasteiger partial charge in [-0.25, -0.2) is 9.59 Å². The minimum Gasteiger partial charge on any atom is -0.467 e. The SMILES string of the molecule is COCOc1cc(N(CCO[Si](C)(C)C(C)(C)C)C(=O)OC(C)(C)C)cc2c1C(=O)O[C@@H](C)[C@H](C)C=C[C@@H](O)[C@H]1OC(C)(C)O[C@H]1CC=C2. The highest BCUT2D eigenvalue weighted by atomic mass is 28.4. The third-order valence-corrected chi connectivity index (χ3v) is 13.6. The second kappa shape index (κ2) is 16.1. The molecule has 1 amide bonds. The molecule has 0 radical (unpaired) electrons. The normalized spacial score (nSPS) is 24.8. The molecule has 12 heteroatoms. The van der Waals surface area contributed by atoms with Gasteiger partial charge in [0.15, 0.2) is 20.9 Å². The Kier molecular flexibility index (Phi) is 13.3. The first-order valence-electron chi connectivity index (χ1n) is 17.1. The van der Waals surface area contributed by atoms with Crippen LogP contribution in [0.5, 0.6) is 5.75 Å². The summed E-state index contributed by atoms with van der Waals surface area (Å²) >= 11 is 0. The van der Waals surface area contributed by atoms with E-state index in [2.05, 4.69) is 33.9 Å². The Morgan fingerprint density at radius 1 is 1.08 bits per heavy atom. The number of esters is 1. The van der Waals surface area contributed by atoms with Crippen molar-refractivity contribution in [1.29, 1.82) is 0 Å². The van der Waals surface area contributed by atoms with E-state index >= 15 is 0 Å². The van der Waals surface area contributed by atoms with Crippen LogP contribution >= 0.6 is 0 Å². The molecule has 2 heterocycles. The van der Waals surface area contributed by atoms with Crippen molar-refractivity contribution in [2.45, 2.75) is 130 Å². The molecule has 0 aliphatic carbocycles. The number of ether oxygens (including phenoxy) is 6. The van der Waals surface area contributed by atoms with Gasteiger partial charge in [0.25, 0.3) is 0 Å². The Bertz CT molecular complexity index is 1360. The Morgan fingerprint density at radius 3 is 2.37 bits per heavy atom. The number of aliphatic hydroxyl groups excluding tert-OH is 1. The molecule has 276 valence electrons. The van der Waals surface area contributed by atoms with Gasteiger partial charge >= 0.3 is 12.1 Å². The standard InChI is InChI=1S/C37H59NO10Si/c1-24-17-18-28(39)32-29(46-37(9,10)47-32)16-14-15-26-21-27(22-30(43-23-42-11)31(26)33(40)45-25(24)2)38(34(41)48-35(3,4)5)19-20-44-49(12,13)36(6,7)8/h14-15,17-18,21-22,24-25,28-29,32,39H,16,19-20,23H2,1-13H3/t24-,25+,28-,29+,32-/m1/s1. The largest absolute Gasteiger partial charge is 0.467 e. The zero-order valence-corrected chi connectivity index (χ0v) is 32.7. The molecule has 0 bridgehead atoms. The molecule has 49 heavy (non-hydrogen) atoms. The number of carbonyl (C=O) groups is 2. The fraction of sp³-hybridized carbons (Fsp3) is 0.676. The number of hydrogen-bond acceptors (Lipinski definition) is 10. The first-order valence-corrected chi connectivity index (χ1v) is 20.0. The van der Waals surface area contributed by atoms with E-state index in [0.29, 0.717) is 17.7 Å². The van der Waals surface area contributed by atoms with Crippen molar-refractivity contribution in [2.24, 2.45) is 5.92 Å². The van der Waals surface area contributed by atoms with Gasteiger partial charge in [-0.1, -0.05) is 52.0 Å². The number of benzene rings is 1. The number of amides is 1. The topological polar surface area (TPSA) is 122 Å². The van der Waals surface area contributed by atoms with Crippen LogP contribution in [-0.4, -0.2) is 88.3 Å². The number of cyclic esters (lactones) is 1. The molecule has 1 saturated heterocycles. The number of rotatable bonds is 8. The Labute approximate surface area is 294 Å². The first kappa shape index (κ1) is 40.7. The number of carbonyl (C=O) groups excluding carboxylic acids is 2. The van der Waals surface area contributed by atoms with Crippen LogP contribution in [0, 0.1) is 5.92 Å². The van der Waals surface area contributed by atoms with Crippen LogP contribution in [0.1, 0.15) is 91.6 Å². The van der Waals surface area contributed by atoms with Crippen molar-refractivity contribution < 1.29 is 47.5 Å². The Morgan fingerprint density at radius 2 is 1.76 bits per heavy atom. The molecule has 0 saturated carbocycles. The summed E-state index contributed by atoms with van der Waals surface area (Å²) in [5, 5.41) is 11.0. The molecule has 1 fully saturated rings. The van der Waals surface area contributed by atoms with Gasteiger partial charge in [-0.2, -0.15) is 0 Å². The third-order valence-electron chi connectivity index (χ3n) is 9.03. The van der Waals surface area contributed by atoms with Crippen LogP contribution in [-0.2, 0) is 28.1 Å². The lowest BCUT2D eigenvalue weighted by molar-refractivity contribution is -0.152. The Hall–Kier alpha value is -2.74. The molecule has 2 aliphatic heterocycles. The van der Waals surface area contributed by atoms with Crippen LogP contribution in [0.3, 0.4) is 0 Å². The summed E-state index contributed by atoms with van der Waals surface area (Å²) < 4.78 is 41.7. The molecule has 0 aromatic heterocycles. The molecular formula is C37H59NO10Si. The average molecular weight is 706 g/mol. The summed E-state index contributed by atoms with van der Waals surface area (Å²) in [6.07, 6.45) is 4.34. The fourth-order valence-corrected chi connectivity index (χ4v) is 6.20. The molecule has 1 aromatic carbocycles. The lowest BCUT2D eigenvalue weighted by Gasteiger charge is -2.37. The maximum Gasteiger partial charge on any atom is 0.414 e. The van der Waals surface area contributed by atoms with Crippen molar-refractivity contribution in [3.8, 4) is 5.75 Å². The summed E-state index contributed by atoms with van der Waals surface area (Å²) in [5.41, 5.74) is 0.312. The van der Waals surface area contributed by atoms with Gasteiger partial charge in [-0.15, -0.1) is 0 Å². The maximum absolute atomic E-state index is 13.9. The van der Waals surface area contributed by atoms with Gasteiger partial charge in [0.2, 0.25) is 0 Å². The second-order valence-corrected chi connectivity index (χ2v) is 20.6. The molecule has 0 unspecified atom stereocenters. The molecule has 1 N–H and O–H groups in total. The number of fused-ring (bicyclic) bond motifs is 2. The van der Waals surface area contributed by atoms with Gasteiger partial charge < -0.3 is 38.0 Å². The van der Waals surface area contributed by atoms with Gasteiger partial charge in [-0.05, 0) is 77.7 Å². The smallest absolute Gasteiger partial charge is 0.414 e. The van der Waals surface area contributed by atoms with E-state index in [1.54, 1.807) is 31.2 Å². The molecule has 1 aromatic rings. The highest BCUT2D eigenvalue weighted by molar-refractivity contribution is 6.74. The first-order chi connectivity index (χ1) is 22.5. The summed E-state index contributed by atoms with van der Waals surface area (Å²) in [4.78, 5) is 29.2. The van der Waals surface area contributed by atoms with Crippen molar-refractivity contribution >= 4 is 32.1 Å². The van der Waals surface area contributed by atoms with E-state index in [4.69, 9.17) is 32.8 Å². The van der Waals surface area contributed by atoms with Crippen LogP contribution in [0.25, 0.3) is 6.08 Å². The van der Waals surface area contributed by atoms with Crippen LogP contribution < -0.4 is 9.64 Å². The van der Waals surface area contributed by atoms with Gasteiger partial charge in [-0.3, -0.25) is 4.90 Å². The van der Waals surface area contributed by atoms with Gasteiger partial charge in [0, 0.05) is 19.1 Å². The van der Waals surface area contributed by atoms with Crippen molar-refractivity contribution in [3.05, 3.63) is 41.5 Å². The Balaban J connectivity index is 2.17. The molecule has 11 nitrogen and oxygen atoms in total. The fourth-order valence-electron chi connectivity index (χ4n) is 5.17. The second-order valence-electron chi connectivity index (χ2n) is 15.8. The molecule has 5 atom stereocenters. The summed E-state index contributed by atoms with van der Waals surface area (Å²) in [7, 11) is -0.645. The predicted octanol–water partition coefficient (Wildman–Crippen LogP) is 7.47. The third kappa shape index (κ3) is 11.1. The predicted molar refractivity (Wildman–Crippen MR) is 192 cm³/mol. The van der Waals surface area contributed by atoms with Crippen molar-refractivity contribution in [1.82, 2.24) is 0 Å². The lowest BCUT2D eigenvalue weighted by Crippen LogP contribution is -2.44. The van der Waals surface area contributed by atoms with E-state index < -0.39 is 56.2 Å². The maximum atomic E-state index is 13.9. The monoisotopic (exact) mass is 705 g/mol. The number of methoxy groups -OCH3 is 1. The van der Waals surface area contributed by atoms with E-state index in [1.807, 2.05) is 53.7 Å². The van der Waals surface area contributed by atoms with E-state index in [1.165, 1.54) is 12.0 Å². The quantitative estimate of drug-likeness (QED) is 0.126. The number of hydrogen-bond donors (Lipinski definition) is 1. The lowest BCUT2D eigenvalue weighted by atomic mass is 9.98. The highest BCUT2D eigenvalue weighted by Crippen LogP contribution is 2.38. The molecular weight excluding hydrogens is 646 g/mol. The van der Waals surface area contributed by atoms with Gasteiger partial charge in [0.1, 0.15) is 35.2 Å². The van der Waals surface area contributed by atoms with Crippen molar-refractivity contribution in [2.75, 3.05) is 32.0 Å². The molecule has 0 spiro atoms. The summed E-state index contributed by atoms with van der Waals surface area (Å²) in [5.74, 6) is -1.55. The van der Waals surface area contributed by atoms with Crippen LogP contribution in [0.15, 0.2) is 30.4 Å². The van der Waals surface area contributed by atoms with Gasteiger partial charge in [0.05, 0.1) is 24.9 Å². The van der Waals surface area contributed by atoms with Crippen LogP contribution in [0.2, 0.25) is 18.1 Å². The van der Waals surface area contributed by atoms with E-state index in [9.17, 15) is 14.7 Å². The highest BCUT2D eigenvalue weighted by Gasteiger charge is 2.44. The summed E-state index contributed by atoms with van der Waals surface area (Å²) in [6, 6.07) is 3.37. The van der Waals surface area contributed by atoms with E-state index in [-0.39, 0.29) is 42.2 Å². The minimum atomic E-state index is -2.13. The number of nitrogens with zero attached hydrogens (tertiary/aromatic N) is 1. The molecule has 3 rings (SSSR count). The number of anilines is 1. The number of aliphatic hydroxyl groups is 1. The van der Waals surface area contributed by atoms with Crippen LogP contribution in [0.4, 0.5) is 10.5 Å². The zero-order chi connectivity index (χ0) is 36.9. The minimum absolute atomic E-state index is 0.0197. The zero-order valence-electron chi connectivity index (χ0n) is 31.7. The average Bonchev–Trinajstić information content (AvgIpc) is 3.28. The van der Waals surface area contributed by atoms with E-state index in [0.717, 1.165) is 0 Å². The van der Waals surface area contributed by atoms with Crippen molar-refractivity contribution in [3.63, 3.8) is 0 Å². The molecule has 2 aliphatic rings.